The summed E-state index contributed by atoms with van der Waals surface area (Å²) in [7, 11) is 0. The van der Waals surface area contributed by atoms with E-state index in [0.717, 1.165) is 24.0 Å². The van der Waals surface area contributed by atoms with Crippen LogP contribution in [0.15, 0.2) is 4.99 Å². The first-order chi connectivity index (χ1) is 8.41. The van der Waals surface area contributed by atoms with Crippen LogP contribution in [0.1, 0.15) is 41.5 Å². The van der Waals surface area contributed by atoms with E-state index in [1.165, 1.54) is 0 Å². The van der Waals surface area contributed by atoms with E-state index in [2.05, 4.69) is 56.8 Å². The molecule has 1 aliphatic rings. The van der Waals surface area contributed by atoms with Crippen LogP contribution in [0.3, 0.4) is 0 Å². The van der Waals surface area contributed by atoms with Gasteiger partial charge in [-0.2, -0.15) is 0 Å². The zero-order valence-corrected chi connectivity index (χ0v) is 13.5. The van der Waals surface area contributed by atoms with Crippen LogP contribution in [-0.2, 0) is 0 Å². The van der Waals surface area contributed by atoms with Crippen LogP contribution in [0.2, 0.25) is 0 Å². The lowest BCUT2D eigenvalue weighted by molar-refractivity contribution is 0.181. The van der Waals surface area contributed by atoms with Crippen LogP contribution in [-0.4, -0.2) is 47.0 Å². The highest BCUT2D eigenvalue weighted by molar-refractivity contribution is 8.14. The molecular formula is C14H29N3S. The van der Waals surface area contributed by atoms with E-state index in [0.29, 0.717) is 24.0 Å². The van der Waals surface area contributed by atoms with Gasteiger partial charge in [0.25, 0.3) is 0 Å². The lowest BCUT2D eigenvalue weighted by Gasteiger charge is -2.29. The summed E-state index contributed by atoms with van der Waals surface area (Å²) in [5, 5.41) is 4.66. The summed E-state index contributed by atoms with van der Waals surface area (Å²) in [6.45, 7) is 15.5. The third kappa shape index (κ3) is 4.81. The molecule has 18 heavy (non-hydrogen) atoms. The second-order valence-electron chi connectivity index (χ2n) is 5.92. The number of rotatable bonds is 6. The summed E-state index contributed by atoms with van der Waals surface area (Å²) < 4.78 is 0. The van der Waals surface area contributed by atoms with E-state index in [-0.39, 0.29) is 0 Å². The van der Waals surface area contributed by atoms with Gasteiger partial charge in [-0.15, -0.1) is 0 Å². The Labute approximate surface area is 117 Å². The first-order valence-electron chi connectivity index (χ1n) is 7.11. The summed E-state index contributed by atoms with van der Waals surface area (Å²) in [4.78, 5) is 7.18. The van der Waals surface area contributed by atoms with Gasteiger partial charge >= 0.3 is 0 Å². The van der Waals surface area contributed by atoms with E-state index in [9.17, 15) is 0 Å². The molecule has 1 atom stereocenters. The SMILES string of the molecule is CC(C)[C@H]1CSC(=NCCN(C(C)C)C(C)C)N1. The van der Waals surface area contributed by atoms with Crippen molar-refractivity contribution in [3.05, 3.63) is 0 Å². The van der Waals surface area contributed by atoms with Gasteiger partial charge in [-0.3, -0.25) is 9.89 Å². The molecule has 0 unspecified atom stereocenters. The Bertz CT molecular complexity index is 266. The summed E-state index contributed by atoms with van der Waals surface area (Å²) >= 11 is 1.87. The van der Waals surface area contributed by atoms with Gasteiger partial charge < -0.3 is 5.32 Å². The van der Waals surface area contributed by atoms with Gasteiger partial charge in [0.15, 0.2) is 5.17 Å². The fourth-order valence-corrected chi connectivity index (χ4v) is 3.46. The van der Waals surface area contributed by atoms with E-state index in [1.807, 2.05) is 11.8 Å². The number of thioether (sulfide) groups is 1. The van der Waals surface area contributed by atoms with Crippen LogP contribution in [0.5, 0.6) is 0 Å². The molecule has 1 rings (SSSR count). The van der Waals surface area contributed by atoms with Crippen molar-refractivity contribution < 1.29 is 0 Å². The van der Waals surface area contributed by atoms with Crippen LogP contribution in [0, 0.1) is 5.92 Å². The van der Waals surface area contributed by atoms with Gasteiger partial charge in [0.2, 0.25) is 0 Å². The highest BCUT2D eigenvalue weighted by atomic mass is 32.2. The monoisotopic (exact) mass is 271 g/mol. The molecule has 0 spiro atoms. The highest BCUT2D eigenvalue weighted by Gasteiger charge is 2.22. The highest BCUT2D eigenvalue weighted by Crippen LogP contribution is 2.18. The summed E-state index contributed by atoms with van der Waals surface area (Å²) in [5.41, 5.74) is 0. The number of nitrogens with zero attached hydrogens (tertiary/aromatic N) is 2. The zero-order valence-electron chi connectivity index (χ0n) is 12.7. The maximum atomic E-state index is 4.69. The van der Waals surface area contributed by atoms with E-state index >= 15 is 0 Å². The molecule has 0 amide bonds. The Morgan fingerprint density at radius 2 is 1.83 bits per heavy atom. The molecule has 0 aromatic carbocycles. The van der Waals surface area contributed by atoms with Gasteiger partial charge in [-0.25, -0.2) is 0 Å². The van der Waals surface area contributed by atoms with Crippen LogP contribution in [0.4, 0.5) is 0 Å². The molecule has 0 saturated carbocycles. The van der Waals surface area contributed by atoms with Gasteiger partial charge in [-0.05, 0) is 33.6 Å². The molecule has 0 bridgehead atoms. The Morgan fingerprint density at radius 3 is 2.28 bits per heavy atom. The van der Waals surface area contributed by atoms with E-state index in [4.69, 9.17) is 0 Å². The lowest BCUT2D eigenvalue weighted by Crippen LogP contribution is -2.39. The minimum Gasteiger partial charge on any atom is -0.361 e. The normalized spacial score (nSPS) is 22.8. The first kappa shape index (κ1) is 15.8. The fourth-order valence-electron chi connectivity index (χ4n) is 2.24. The fraction of sp³-hybridized carbons (Fsp3) is 0.929. The molecule has 1 fully saturated rings. The van der Waals surface area contributed by atoms with E-state index < -0.39 is 0 Å². The average molecular weight is 271 g/mol. The van der Waals surface area contributed by atoms with Gasteiger partial charge in [-0.1, -0.05) is 25.6 Å². The van der Waals surface area contributed by atoms with Crippen molar-refractivity contribution in [2.24, 2.45) is 10.9 Å². The number of aliphatic imine (C=N–C) groups is 1. The largest absolute Gasteiger partial charge is 0.361 e. The van der Waals surface area contributed by atoms with Crippen molar-refractivity contribution in [1.29, 1.82) is 0 Å². The second kappa shape index (κ2) is 7.39. The number of hydrogen-bond donors (Lipinski definition) is 1. The van der Waals surface area contributed by atoms with Crippen molar-refractivity contribution in [1.82, 2.24) is 10.2 Å². The summed E-state index contributed by atoms with van der Waals surface area (Å²) in [5.74, 6) is 1.85. The third-order valence-electron chi connectivity index (χ3n) is 3.45. The number of amidine groups is 1. The van der Waals surface area contributed by atoms with Crippen molar-refractivity contribution in [3.8, 4) is 0 Å². The predicted molar refractivity (Wildman–Crippen MR) is 83.5 cm³/mol. The van der Waals surface area contributed by atoms with Gasteiger partial charge in [0.05, 0.1) is 6.54 Å². The maximum absolute atomic E-state index is 4.69. The molecule has 1 heterocycles. The molecule has 1 N–H and O–H groups in total. The van der Waals surface area contributed by atoms with E-state index in [1.54, 1.807) is 0 Å². The average Bonchev–Trinajstić information content (AvgIpc) is 2.71. The van der Waals surface area contributed by atoms with Crippen LogP contribution < -0.4 is 5.32 Å². The van der Waals surface area contributed by atoms with Gasteiger partial charge in [0.1, 0.15) is 0 Å². The smallest absolute Gasteiger partial charge is 0.156 e. The van der Waals surface area contributed by atoms with Crippen molar-refractivity contribution in [2.75, 3.05) is 18.8 Å². The quantitative estimate of drug-likeness (QED) is 0.805. The molecule has 3 nitrogen and oxygen atoms in total. The Morgan fingerprint density at radius 1 is 1.22 bits per heavy atom. The number of nitrogens with one attached hydrogen (secondary N) is 1. The summed E-state index contributed by atoms with van der Waals surface area (Å²) in [6.07, 6.45) is 0. The Hall–Kier alpha value is -0.220. The van der Waals surface area contributed by atoms with Crippen LogP contribution >= 0.6 is 11.8 Å². The molecule has 1 saturated heterocycles. The van der Waals surface area contributed by atoms with Crippen molar-refractivity contribution >= 4 is 16.9 Å². The number of hydrogen-bond acceptors (Lipinski definition) is 3. The molecular weight excluding hydrogens is 242 g/mol. The molecule has 0 radical (unpaired) electrons. The standard InChI is InChI=1S/C14H29N3S/c1-10(2)13-9-18-14(16-13)15-7-8-17(11(3)4)12(5)6/h10-13H,7-9H2,1-6H3,(H,15,16)/t13-/m1/s1. The minimum absolute atomic E-state index is 0.595. The van der Waals surface area contributed by atoms with Crippen molar-refractivity contribution in [3.63, 3.8) is 0 Å². The minimum atomic E-state index is 0.595. The lowest BCUT2D eigenvalue weighted by atomic mass is 10.1. The Kier molecular flexibility index (Phi) is 6.50. The molecule has 0 aromatic heterocycles. The molecule has 106 valence electrons. The van der Waals surface area contributed by atoms with Crippen LogP contribution in [0.25, 0.3) is 0 Å². The predicted octanol–water partition coefficient (Wildman–Crippen LogP) is 2.82. The van der Waals surface area contributed by atoms with Crippen molar-refractivity contribution in [2.45, 2.75) is 59.7 Å². The molecule has 0 aliphatic carbocycles. The topological polar surface area (TPSA) is 27.6 Å². The second-order valence-corrected chi connectivity index (χ2v) is 6.93. The maximum Gasteiger partial charge on any atom is 0.156 e. The molecule has 1 aliphatic heterocycles. The zero-order chi connectivity index (χ0) is 13.7. The summed E-state index contributed by atoms with van der Waals surface area (Å²) in [6, 6.07) is 1.79. The molecule has 0 aromatic rings. The first-order valence-corrected chi connectivity index (χ1v) is 8.10. The Balaban J connectivity index is 2.37. The molecule has 4 heteroatoms. The van der Waals surface area contributed by atoms with Gasteiger partial charge in [0, 0.05) is 30.4 Å². The third-order valence-corrected chi connectivity index (χ3v) is 4.50.